The second kappa shape index (κ2) is 6.76. The van der Waals surface area contributed by atoms with Gasteiger partial charge in [-0.1, -0.05) is 29.8 Å². The summed E-state index contributed by atoms with van der Waals surface area (Å²) in [7, 11) is 0. The number of nitrogens with two attached hydrogens (primary N) is 1. The lowest BCUT2D eigenvalue weighted by molar-refractivity contribution is -0.119. The van der Waals surface area contributed by atoms with Gasteiger partial charge in [-0.3, -0.25) is 9.59 Å². The first-order valence-corrected chi connectivity index (χ1v) is 6.51. The summed E-state index contributed by atoms with van der Waals surface area (Å²) in [4.78, 5) is 23.0. The largest absolute Gasteiger partial charge is 0.483 e. The van der Waals surface area contributed by atoms with E-state index in [1.807, 2.05) is 0 Å². The molecule has 0 spiro atoms. The summed E-state index contributed by atoms with van der Waals surface area (Å²) in [5, 5.41) is 3.23. The molecular formula is C15H13ClN2O3. The third-order valence-electron chi connectivity index (χ3n) is 2.58. The standard InChI is InChI=1S/C15H13ClN2O3/c16-10-4-3-5-11(8-10)18-15(20)12-6-1-2-7-13(12)21-9-14(17)19/h1-8H,9H2,(H2,17,19)(H,18,20). The summed E-state index contributed by atoms with van der Waals surface area (Å²) in [6, 6.07) is 13.4. The molecule has 2 rings (SSSR count). The van der Waals surface area contributed by atoms with E-state index in [4.69, 9.17) is 22.1 Å². The second-order valence-corrected chi connectivity index (χ2v) is 4.65. The van der Waals surface area contributed by atoms with E-state index in [9.17, 15) is 9.59 Å². The molecule has 0 aliphatic rings. The summed E-state index contributed by atoms with van der Waals surface area (Å²) >= 11 is 5.86. The predicted molar refractivity (Wildman–Crippen MR) is 80.5 cm³/mol. The average Bonchev–Trinajstić information content (AvgIpc) is 2.45. The van der Waals surface area contributed by atoms with Gasteiger partial charge in [-0.15, -0.1) is 0 Å². The van der Waals surface area contributed by atoms with Gasteiger partial charge in [0.2, 0.25) is 0 Å². The van der Waals surface area contributed by atoms with Gasteiger partial charge in [-0.05, 0) is 30.3 Å². The zero-order valence-corrected chi connectivity index (χ0v) is 11.8. The van der Waals surface area contributed by atoms with Crippen molar-refractivity contribution >= 4 is 29.1 Å². The molecule has 0 saturated heterocycles. The van der Waals surface area contributed by atoms with Crippen LogP contribution in [0.3, 0.4) is 0 Å². The Kier molecular flexibility index (Phi) is 4.79. The number of benzene rings is 2. The number of carbonyl (C=O) groups is 2. The first-order valence-electron chi connectivity index (χ1n) is 6.13. The lowest BCUT2D eigenvalue weighted by Gasteiger charge is -2.10. The van der Waals surface area contributed by atoms with Crippen LogP contribution < -0.4 is 15.8 Å². The van der Waals surface area contributed by atoms with Crippen molar-refractivity contribution in [2.24, 2.45) is 5.73 Å². The van der Waals surface area contributed by atoms with Crippen LogP contribution in [0.25, 0.3) is 0 Å². The smallest absolute Gasteiger partial charge is 0.259 e. The van der Waals surface area contributed by atoms with Crippen LogP contribution in [0.5, 0.6) is 5.75 Å². The molecular weight excluding hydrogens is 292 g/mol. The molecule has 2 aromatic carbocycles. The highest BCUT2D eigenvalue weighted by atomic mass is 35.5. The van der Waals surface area contributed by atoms with Crippen molar-refractivity contribution in [2.75, 3.05) is 11.9 Å². The van der Waals surface area contributed by atoms with Crippen molar-refractivity contribution in [3.63, 3.8) is 0 Å². The molecule has 108 valence electrons. The minimum absolute atomic E-state index is 0.288. The van der Waals surface area contributed by atoms with E-state index in [1.54, 1.807) is 48.5 Å². The van der Waals surface area contributed by atoms with E-state index < -0.39 is 5.91 Å². The maximum Gasteiger partial charge on any atom is 0.259 e. The maximum absolute atomic E-state index is 12.2. The SMILES string of the molecule is NC(=O)COc1ccccc1C(=O)Nc1cccc(Cl)c1. The van der Waals surface area contributed by atoms with Crippen LogP contribution in [-0.4, -0.2) is 18.4 Å². The van der Waals surface area contributed by atoms with Crippen molar-refractivity contribution < 1.29 is 14.3 Å². The number of carbonyl (C=O) groups excluding carboxylic acids is 2. The molecule has 21 heavy (non-hydrogen) atoms. The monoisotopic (exact) mass is 304 g/mol. The Labute approximate surface area is 126 Å². The minimum atomic E-state index is -0.611. The summed E-state index contributed by atoms with van der Waals surface area (Å²) in [6.45, 7) is -0.290. The van der Waals surface area contributed by atoms with E-state index in [-0.39, 0.29) is 18.3 Å². The number of para-hydroxylation sites is 1. The predicted octanol–water partition coefficient (Wildman–Crippen LogP) is 2.46. The van der Waals surface area contributed by atoms with Crippen LogP contribution in [0.4, 0.5) is 5.69 Å². The Balaban J connectivity index is 2.17. The fraction of sp³-hybridized carbons (Fsp3) is 0.0667. The molecule has 2 amide bonds. The Hall–Kier alpha value is -2.53. The van der Waals surface area contributed by atoms with Crippen LogP contribution in [0.2, 0.25) is 5.02 Å². The van der Waals surface area contributed by atoms with Crippen molar-refractivity contribution in [2.45, 2.75) is 0 Å². The Bertz CT molecular complexity index is 673. The van der Waals surface area contributed by atoms with Gasteiger partial charge < -0.3 is 15.8 Å². The fourth-order valence-electron chi connectivity index (χ4n) is 1.69. The highest BCUT2D eigenvalue weighted by Crippen LogP contribution is 2.21. The third kappa shape index (κ3) is 4.22. The molecule has 0 radical (unpaired) electrons. The summed E-state index contributed by atoms with van der Waals surface area (Å²) in [6.07, 6.45) is 0. The molecule has 0 unspecified atom stereocenters. The van der Waals surface area contributed by atoms with Gasteiger partial charge in [-0.2, -0.15) is 0 Å². The number of rotatable bonds is 5. The molecule has 0 bridgehead atoms. The van der Waals surface area contributed by atoms with E-state index in [0.717, 1.165) is 0 Å². The number of halogens is 1. The molecule has 0 saturated carbocycles. The number of ether oxygens (including phenoxy) is 1. The molecule has 2 aromatic rings. The topological polar surface area (TPSA) is 81.4 Å². The maximum atomic E-state index is 12.2. The Morgan fingerprint density at radius 2 is 1.90 bits per heavy atom. The molecule has 0 aliphatic carbocycles. The molecule has 0 aliphatic heterocycles. The molecule has 5 nitrogen and oxygen atoms in total. The molecule has 0 heterocycles. The highest BCUT2D eigenvalue weighted by molar-refractivity contribution is 6.31. The number of anilines is 1. The van der Waals surface area contributed by atoms with Crippen LogP contribution >= 0.6 is 11.6 Å². The number of amides is 2. The average molecular weight is 305 g/mol. The van der Waals surface area contributed by atoms with Crippen molar-refractivity contribution in [3.8, 4) is 5.75 Å². The quantitative estimate of drug-likeness (QED) is 0.890. The van der Waals surface area contributed by atoms with Gasteiger partial charge in [-0.25, -0.2) is 0 Å². The van der Waals surface area contributed by atoms with Gasteiger partial charge >= 0.3 is 0 Å². The zero-order valence-electron chi connectivity index (χ0n) is 11.0. The van der Waals surface area contributed by atoms with Crippen LogP contribution in [0, 0.1) is 0 Å². The molecule has 3 N–H and O–H groups in total. The number of hydrogen-bond donors (Lipinski definition) is 2. The van der Waals surface area contributed by atoms with E-state index >= 15 is 0 Å². The minimum Gasteiger partial charge on any atom is -0.483 e. The Morgan fingerprint density at radius 1 is 1.14 bits per heavy atom. The molecule has 0 atom stereocenters. The van der Waals surface area contributed by atoms with Crippen LogP contribution in [0.1, 0.15) is 10.4 Å². The van der Waals surface area contributed by atoms with Crippen molar-refractivity contribution in [1.82, 2.24) is 0 Å². The van der Waals surface area contributed by atoms with E-state index in [2.05, 4.69) is 5.32 Å². The molecule has 0 aromatic heterocycles. The first-order chi connectivity index (χ1) is 10.1. The summed E-state index contributed by atoms with van der Waals surface area (Å²) in [5.74, 6) is -0.687. The summed E-state index contributed by atoms with van der Waals surface area (Å²) < 4.78 is 5.22. The summed E-state index contributed by atoms with van der Waals surface area (Å²) in [5.41, 5.74) is 5.90. The number of primary amides is 1. The van der Waals surface area contributed by atoms with Gasteiger partial charge in [0, 0.05) is 10.7 Å². The second-order valence-electron chi connectivity index (χ2n) is 4.22. The Morgan fingerprint density at radius 3 is 2.62 bits per heavy atom. The zero-order chi connectivity index (χ0) is 15.2. The third-order valence-corrected chi connectivity index (χ3v) is 2.82. The van der Waals surface area contributed by atoms with Crippen LogP contribution in [-0.2, 0) is 4.79 Å². The van der Waals surface area contributed by atoms with Gasteiger partial charge in [0.1, 0.15) is 5.75 Å². The lowest BCUT2D eigenvalue weighted by Crippen LogP contribution is -2.21. The van der Waals surface area contributed by atoms with Gasteiger partial charge in [0.15, 0.2) is 6.61 Å². The van der Waals surface area contributed by atoms with E-state index in [1.165, 1.54) is 0 Å². The normalized spacial score (nSPS) is 9.95. The van der Waals surface area contributed by atoms with Crippen LogP contribution in [0.15, 0.2) is 48.5 Å². The first kappa shape index (κ1) is 14.9. The van der Waals surface area contributed by atoms with Crippen molar-refractivity contribution in [3.05, 3.63) is 59.1 Å². The van der Waals surface area contributed by atoms with E-state index in [0.29, 0.717) is 16.3 Å². The highest BCUT2D eigenvalue weighted by Gasteiger charge is 2.13. The van der Waals surface area contributed by atoms with Gasteiger partial charge in [0.25, 0.3) is 11.8 Å². The number of nitrogens with one attached hydrogen (secondary N) is 1. The van der Waals surface area contributed by atoms with Crippen molar-refractivity contribution in [1.29, 1.82) is 0 Å². The molecule has 6 heteroatoms. The fourth-order valence-corrected chi connectivity index (χ4v) is 1.88. The molecule has 0 fully saturated rings. The van der Waals surface area contributed by atoms with Gasteiger partial charge in [0.05, 0.1) is 5.56 Å². The lowest BCUT2D eigenvalue weighted by atomic mass is 10.2. The number of hydrogen-bond acceptors (Lipinski definition) is 3.